The summed E-state index contributed by atoms with van der Waals surface area (Å²) in [6, 6.07) is 6.08. The van der Waals surface area contributed by atoms with Crippen molar-refractivity contribution in [2.75, 3.05) is 18.8 Å². The number of sulfone groups is 1. The molecule has 0 aromatic heterocycles. The number of hydrogen-bond donors (Lipinski definition) is 2. The molecule has 0 saturated carbocycles. The van der Waals surface area contributed by atoms with E-state index in [0.29, 0.717) is 25.6 Å². The Morgan fingerprint density at radius 3 is 2.24 bits per heavy atom. The van der Waals surface area contributed by atoms with Gasteiger partial charge in [-0.1, -0.05) is 12.1 Å². The van der Waals surface area contributed by atoms with Gasteiger partial charge in [-0.2, -0.15) is 0 Å². The Bertz CT molecular complexity index is 779. The molecule has 0 heterocycles. The lowest BCUT2D eigenvalue weighted by Crippen LogP contribution is -2.41. The predicted molar refractivity (Wildman–Crippen MR) is 133 cm³/mol. The highest BCUT2D eigenvalue weighted by molar-refractivity contribution is 14.0. The first kappa shape index (κ1) is 28.0. The molecule has 168 valence electrons. The third-order valence-electron chi connectivity index (χ3n) is 3.99. The summed E-state index contributed by atoms with van der Waals surface area (Å²) in [6.07, 6.45) is 0. The molecule has 0 saturated heterocycles. The van der Waals surface area contributed by atoms with Crippen LogP contribution in [0.2, 0.25) is 0 Å². The summed E-state index contributed by atoms with van der Waals surface area (Å²) in [5.74, 6) is 1.47. The second kappa shape index (κ2) is 11.4. The zero-order valence-electron chi connectivity index (χ0n) is 19.0. The van der Waals surface area contributed by atoms with Gasteiger partial charge in [0.15, 0.2) is 15.8 Å². The van der Waals surface area contributed by atoms with E-state index in [1.54, 1.807) is 20.8 Å². The number of rotatable bonds is 7. The number of aryl methyl sites for hydroxylation is 1. The van der Waals surface area contributed by atoms with E-state index in [-0.39, 0.29) is 35.3 Å². The lowest BCUT2D eigenvalue weighted by atomic mass is 10.1. The van der Waals surface area contributed by atoms with E-state index in [2.05, 4.69) is 15.6 Å². The van der Waals surface area contributed by atoms with Crippen molar-refractivity contribution in [2.24, 2.45) is 4.99 Å². The Kier molecular flexibility index (Phi) is 11.0. The second-order valence-corrected chi connectivity index (χ2v) is 11.7. The molecule has 0 aliphatic carbocycles. The number of nitrogens with one attached hydrogen (secondary N) is 2. The summed E-state index contributed by atoms with van der Waals surface area (Å²) in [6.45, 7) is 16.7. The van der Waals surface area contributed by atoms with Crippen LogP contribution in [0.25, 0.3) is 0 Å². The normalized spacial score (nSPS) is 12.9. The number of halogens is 1. The zero-order chi connectivity index (χ0) is 21.6. The van der Waals surface area contributed by atoms with Crippen LogP contribution in [0.3, 0.4) is 0 Å². The highest BCUT2D eigenvalue weighted by Crippen LogP contribution is 2.25. The maximum atomic E-state index is 12.3. The Hall–Kier alpha value is -1.03. The summed E-state index contributed by atoms with van der Waals surface area (Å²) < 4.78 is 29.8. The van der Waals surface area contributed by atoms with Crippen molar-refractivity contribution in [1.29, 1.82) is 0 Å². The fourth-order valence-electron chi connectivity index (χ4n) is 2.33. The third kappa shape index (κ3) is 10.0. The maximum Gasteiger partial charge on any atom is 0.191 e. The summed E-state index contributed by atoms with van der Waals surface area (Å²) in [4.78, 5) is 4.61. The van der Waals surface area contributed by atoms with Gasteiger partial charge in [-0.05, 0) is 67.0 Å². The molecule has 0 atom stereocenters. The second-order valence-electron chi connectivity index (χ2n) is 8.88. The molecule has 6 nitrogen and oxygen atoms in total. The van der Waals surface area contributed by atoms with Crippen molar-refractivity contribution in [1.82, 2.24) is 10.6 Å². The predicted octanol–water partition coefficient (Wildman–Crippen LogP) is 4.06. The minimum Gasteiger partial charge on any atom is -0.488 e. The van der Waals surface area contributed by atoms with Gasteiger partial charge < -0.3 is 15.4 Å². The van der Waals surface area contributed by atoms with Gasteiger partial charge in [-0.25, -0.2) is 13.4 Å². The number of aliphatic imine (C=N–C) groups is 1. The molecule has 0 radical (unpaired) electrons. The van der Waals surface area contributed by atoms with E-state index in [4.69, 9.17) is 4.74 Å². The quantitative estimate of drug-likeness (QED) is 0.311. The van der Waals surface area contributed by atoms with Crippen LogP contribution >= 0.6 is 24.0 Å². The van der Waals surface area contributed by atoms with Crippen LogP contribution in [0.1, 0.15) is 59.6 Å². The highest BCUT2D eigenvalue weighted by Gasteiger charge is 2.28. The van der Waals surface area contributed by atoms with Crippen LogP contribution < -0.4 is 15.4 Å². The molecule has 8 heteroatoms. The van der Waals surface area contributed by atoms with E-state index in [9.17, 15) is 8.42 Å². The number of ether oxygens (including phenoxy) is 1. The summed E-state index contributed by atoms with van der Waals surface area (Å²) in [5.41, 5.74) is 1.82. The molecule has 2 N–H and O–H groups in total. The van der Waals surface area contributed by atoms with E-state index >= 15 is 0 Å². The van der Waals surface area contributed by atoms with Crippen molar-refractivity contribution in [3.8, 4) is 5.75 Å². The minimum atomic E-state index is -3.17. The lowest BCUT2D eigenvalue weighted by Gasteiger charge is -2.23. The molecular formula is C21H38IN3O3S. The van der Waals surface area contributed by atoms with Crippen molar-refractivity contribution in [2.45, 2.75) is 72.3 Å². The molecule has 0 bridgehead atoms. The molecule has 0 aliphatic heterocycles. The van der Waals surface area contributed by atoms with Gasteiger partial charge in [-0.3, -0.25) is 0 Å². The van der Waals surface area contributed by atoms with Gasteiger partial charge >= 0.3 is 0 Å². The van der Waals surface area contributed by atoms with Gasteiger partial charge in [-0.15, -0.1) is 24.0 Å². The summed E-state index contributed by atoms with van der Waals surface area (Å²) >= 11 is 0. The number of guanidine groups is 1. The van der Waals surface area contributed by atoms with E-state index in [1.807, 2.05) is 52.8 Å². The Morgan fingerprint density at radius 2 is 1.72 bits per heavy atom. The summed E-state index contributed by atoms with van der Waals surface area (Å²) in [5, 5.41) is 6.28. The van der Waals surface area contributed by atoms with Gasteiger partial charge in [0.05, 0.1) is 17.0 Å². The molecule has 0 fully saturated rings. The summed E-state index contributed by atoms with van der Waals surface area (Å²) in [7, 11) is -3.17. The number of nitrogens with zero attached hydrogens (tertiary/aromatic N) is 1. The Balaban J connectivity index is 0.00000784. The van der Waals surface area contributed by atoms with E-state index < -0.39 is 14.6 Å². The highest BCUT2D eigenvalue weighted by atomic mass is 127. The van der Waals surface area contributed by atoms with Crippen molar-refractivity contribution in [3.63, 3.8) is 0 Å². The van der Waals surface area contributed by atoms with Gasteiger partial charge in [0.1, 0.15) is 11.4 Å². The monoisotopic (exact) mass is 539 g/mol. The Morgan fingerprint density at radius 1 is 1.10 bits per heavy atom. The van der Waals surface area contributed by atoms with Crippen molar-refractivity contribution >= 4 is 39.8 Å². The molecule has 1 aromatic carbocycles. The van der Waals surface area contributed by atoms with Crippen LogP contribution in [-0.4, -0.2) is 43.6 Å². The first-order valence-electron chi connectivity index (χ1n) is 9.78. The third-order valence-corrected chi connectivity index (χ3v) is 6.59. The Labute approximate surface area is 194 Å². The first-order chi connectivity index (χ1) is 12.7. The van der Waals surface area contributed by atoms with Gasteiger partial charge in [0, 0.05) is 18.7 Å². The molecule has 0 spiro atoms. The van der Waals surface area contributed by atoms with E-state index in [0.717, 1.165) is 16.9 Å². The van der Waals surface area contributed by atoms with Gasteiger partial charge in [0.2, 0.25) is 0 Å². The SMILES string of the molecule is CCNC(=NCc1ccc(C)cc1OC(C)(C)C)NCCS(=O)(=O)C(C)(C)C.I. The minimum absolute atomic E-state index is 0. The van der Waals surface area contributed by atoms with Crippen molar-refractivity contribution < 1.29 is 13.2 Å². The molecule has 0 unspecified atom stereocenters. The zero-order valence-corrected chi connectivity index (χ0v) is 22.2. The average molecular weight is 540 g/mol. The topological polar surface area (TPSA) is 79.8 Å². The molecular weight excluding hydrogens is 501 g/mol. The van der Waals surface area contributed by atoms with Crippen LogP contribution in [-0.2, 0) is 16.4 Å². The molecule has 29 heavy (non-hydrogen) atoms. The average Bonchev–Trinajstić information content (AvgIpc) is 2.51. The molecule has 1 aromatic rings. The number of benzene rings is 1. The van der Waals surface area contributed by atoms with Crippen LogP contribution in [0.4, 0.5) is 0 Å². The van der Waals surface area contributed by atoms with E-state index in [1.165, 1.54) is 0 Å². The molecule has 0 amide bonds. The smallest absolute Gasteiger partial charge is 0.191 e. The van der Waals surface area contributed by atoms with Crippen molar-refractivity contribution in [3.05, 3.63) is 29.3 Å². The fourth-order valence-corrected chi connectivity index (χ4v) is 3.32. The fraction of sp³-hybridized carbons (Fsp3) is 0.667. The van der Waals surface area contributed by atoms with Crippen LogP contribution in [0, 0.1) is 6.92 Å². The molecule has 0 aliphatic rings. The number of hydrogen-bond acceptors (Lipinski definition) is 4. The maximum absolute atomic E-state index is 12.3. The van der Waals surface area contributed by atoms with Crippen LogP contribution in [0.5, 0.6) is 5.75 Å². The standard InChI is InChI=1S/C21H37N3O3S.HI/c1-9-22-19(23-12-13-28(25,26)21(6,7)8)24-15-17-11-10-16(2)14-18(17)27-20(3,4)5;/h10-11,14H,9,12-13,15H2,1-8H3,(H2,22,23,24);1H. The largest absolute Gasteiger partial charge is 0.488 e. The first-order valence-corrected chi connectivity index (χ1v) is 11.4. The molecule has 1 rings (SSSR count). The lowest BCUT2D eigenvalue weighted by molar-refractivity contribution is 0.129. The van der Waals surface area contributed by atoms with Crippen LogP contribution in [0.15, 0.2) is 23.2 Å². The van der Waals surface area contributed by atoms with Gasteiger partial charge in [0.25, 0.3) is 0 Å².